The van der Waals surface area contributed by atoms with Gasteiger partial charge in [-0.1, -0.05) is 6.07 Å². The Hall–Kier alpha value is -1.69. The van der Waals surface area contributed by atoms with E-state index in [2.05, 4.69) is 5.32 Å². The van der Waals surface area contributed by atoms with Crippen LogP contribution in [-0.4, -0.2) is 30.6 Å². The number of nitro benzene ring substituents is 1. The maximum absolute atomic E-state index is 13.8. The normalized spacial score (nSPS) is 16.2. The Bertz CT molecular complexity index is 502. The molecule has 1 N–H and O–H groups in total. The minimum atomic E-state index is -0.770. The standard InChI is InChI=1S/C15H22FN3O2/c1-11(2)18(10-12-6-8-17-9-7-12)14-5-3-4-13(16)15(14)19(20)21/h3-5,11-12,17H,6-10H2,1-2H3. The zero-order chi connectivity index (χ0) is 15.4. The predicted molar refractivity (Wildman–Crippen MR) is 81.1 cm³/mol. The molecule has 6 heteroatoms. The van der Waals surface area contributed by atoms with Crippen LogP contribution in [0.3, 0.4) is 0 Å². The molecule has 0 saturated carbocycles. The number of hydrogen-bond donors (Lipinski definition) is 1. The van der Waals surface area contributed by atoms with Crippen molar-refractivity contribution in [1.29, 1.82) is 0 Å². The number of nitrogens with zero attached hydrogens (tertiary/aromatic N) is 2. The van der Waals surface area contributed by atoms with Gasteiger partial charge in [0.25, 0.3) is 0 Å². The SMILES string of the molecule is CC(C)N(CC1CCNCC1)c1cccc(F)c1[N+](=O)[O-]. The van der Waals surface area contributed by atoms with Gasteiger partial charge < -0.3 is 10.2 Å². The third-order valence-corrected chi connectivity index (χ3v) is 3.99. The van der Waals surface area contributed by atoms with Crippen LogP contribution in [-0.2, 0) is 0 Å². The fraction of sp³-hybridized carbons (Fsp3) is 0.600. The number of rotatable bonds is 5. The minimum absolute atomic E-state index is 0.0837. The van der Waals surface area contributed by atoms with Crippen LogP contribution in [0, 0.1) is 21.8 Å². The van der Waals surface area contributed by atoms with Gasteiger partial charge in [-0.3, -0.25) is 10.1 Å². The van der Waals surface area contributed by atoms with Gasteiger partial charge in [-0.15, -0.1) is 0 Å². The summed E-state index contributed by atoms with van der Waals surface area (Å²) in [6.07, 6.45) is 2.10. The van der Waals surface area contributed by atoms with E-state index in [1.807, 2.05) is 18.7 Å². The fourth-order valence-corrected chi connectivity index (χ4v) is 2.85. The second kappa shape index (κ2) is 6.85. The number of nitrogens with one attached hydrogen (secondary N) is 1. The first-order chi connectivity index (χ1) is 10.0. The second-order valence-electron chi connectivity index (χ2n) is 5.80. The molecule has 0 aromatic heterocycles. The average molecular weight is 295 g/mol. The highest BCUT2D eigenvalue weighted by molar-refractivity contribution is 5.64. The lowest BCUT2D eigenvalue weighted by atomic mass is 9.96. The van der Waals surface area contributed by atoms with E-state index in [0.29, 0.717) is 11.6 Å². The van der Waals surface area contributed by atoms with Crippen molar-refractivity contribution in [2.24, 2.45) is 5.92 Å². The summed E-state index contributed by atoms with van der Waals surface area (Å²) in [6, 6.07) is 4.41. The Labute approximate surface area is 124 Å². The first-order valence-electron chi connectivity index (χ1n) is 7.41. The minimum Gasteiger partial charge on any atom is -0.363 e. The maximum Gasteiger partial charge on any atom is 0.327 e. The molecule has 2 rings (SSSR count). The van der Waals surface area contributed by atoms with E-state index in [1.165, 1.54) is 6.07 Å². The van der Waals surface area contributed by atoms with E-state index < -0.39 is 16.4 Å². The summed E-state index contributed by atoms with van der Waals surface area (Å²) in [5.74, 6) is -0.287. The van der Waals surface area contributed by atoms with E-state index in [0.717, 1.165) is 38.5 Å². The van der Waals surface area contributed by atoms with E-state index in [1.54, 1.807) is 6.07 Å². The molecule has 0 unspecified atom stereocenters. The number of piperidine rings is 1. The van der Waals surface area contributed by atoms with Crippen LogP contribution in [0.4, 0.5) is 15.8 Å². The lowest BCUT2D eigenvalue weighted by Crippen LogP contribution is -2.39. The molecule has 0 spiro atoms. The largest absolute Gasteiger partial charge is 0.363 e. The Morgan fingerprint density at radius 3 is 2.67 bits per heavy atom. The second-order valence-corrected chi connectivity index (χ2v) is 5.80. The molecule has 116 valence electrons. The molecule has 1 heterocycles. The van der Waals surface area contributed by atoms with Gasteiger partial charge in [0.1, 0.15) is 5.69 Å². The van der Waals surface area contributed by atoms with Crippen LogP contribution in [0.5, 0.6) is 0 Å². The molecule has 1 aliphatic heterocycles. The number of benzene rings is 1. The topological polar surface area (TPSA) is 58.4 Å². The quantitative estimate of drug-likeness (QED) is 0.670. The highest BCUT2D eigenvalue weighted by Crippen LogP contribution is 2.33. The van der Waals surface area contributed by atoms with Crippen LogP contribution >= 0.6 is 0 Å². The highest BCUT2D eigenvalue weighted by Gasteiger charge is 2.27. The molecule has 5 nitrogen and oxygen atoms in total. The van der Waals surface area contributed by atoms with Crippen LogP contribution in [0.25, 0.3) is 0 Å². The molecule has 1 fully saturated rings. The smallest absolute Gasteiger partial charge is 0.327 e. The molecule has 0 amide bonds. The zero-order valence-electron chi connectivity index (χ0n) is 12.5. The van der Waals surface area contributed by atoms with Crippen molar-refractivity contribution < 1.29 is 9.31 Å². The van der Waals surface area contributed by atoms with Crippen molar-refractivity contribution in [2.75, 3.05) is 24.5 Å². The predicted octanol–water partition coefficient (Wildman–Crippen LogP) is 2.95. The summed E-state index contributed by atoms with van der Waals surface area (Å²) < 4.78 is 13.8. The molecule has 1 aliphatic rings. The van der Waals surface area contributed by atoms with E-state index >= 15 is 0 Å². The molecule has 1 saturated heterocycles. The molecule has 1 aromatic rings. The third-order valence-electron chi connectivity index (χ3n) is 3.99. The van der Waals surface area contributed by atoms with Crippen LogP contribution < -0.4 is 10.2 Å². The first kappa shape index (κ1) is 15.7. The molecular formula is C15H22FN3O2. The monoisotopic (exact) mass is 295 g/mol. The van der Waals surface area contributed by atoms with Gasteiger partial charge >= 0.3 is 5.69 Å². The maximum atomic E-state index is 13.8. The molecule has 0 bridgehead atoms. The molecule has 21 heavy (non-hydrogen) atoms. The number of hydrogen-bond acceptors (Lipinski definition) is 4. The molecule has 1 aromatic carbocycles. The molecule has 0 aliphatic carbocycles. The Kier molecular flexibility index (Phi) is 5.12. The number of nitro groups is 1. The van der Waals surface area contributed by atoms with Crippen molar-refractivity contribution in [3.05, 3.63) is 34.1 Å². The molecule has 0 radical (unpaired) electrons. The van der Waals surface area contributed by atoms with Crippen molar-refractivity contribution in [2.45, 2.75) is 32.7 Å². The van der Waals surface area contributed by atoms with Crippen LogP contribution in [0.1, 0.15) is 26.7 Å². The summed E-state index contributed by atoms with van der Waals surface area (Å²) in [5, 5.41) is 14.5. The summed E-state index contributed by atoms with van der Waals surface area (Å²) in [7, 11) is 0. The fourth-order valence-electron chi connectivity index (χ4n) is 2.85. The Morgan fingerprint density at radius 1 is 1.43 bits per heavy atom. The van der Waals surface area contributed by atoms with Crippen molar-refractivity contribution >= 4 is 11.4 Å². The number of halogens is 1. The van der Waals surface area contributed by atoms with Crippen LogP contribution in [0.2, 0.25) is 0 Å². The highest BCUT2D eigenvalue weighted by atomic mass is 19.1. The molecular weight excluding hydrogens is 273 g/mol. The van der Waals surface area contributed by atoms with Crippen LogP contribution in [0.15, 0.2) is 18.2 Å². The summed E-state index contributed by atoms with van der Waals surface area (Å²) in [6.45, 7) is 6.64. The Balaban J connectivity index is 2.29. The van der Waals surface area contributed by atoms with Gasteiger partial charge in [0.2, 0.25) is 5.82 Å². The summed E-state index contributed by atoms with van der Waals surface area (Å²) >= 11 is 0. The summed E-state index contributed by atoms with van der Waals surface area (Å²) in [4.78, 5) is 12.5. The van der Waals surface area contributed by atoms with Crippen molar-refractivity contribution in [3.8, 4) is 0 Å². The van der Waals surface area contributed by atoms with E-state index in [9.17, 15) is 14.5 Å². The number of anilines is 1. The summed E-state index contributed by atoms with van der Waals surface area (Å²) in [5.41, 5.74) is -0.0336. The van der Waals surface area contributed by atoms with Gasteiger partial charge in [-0.05, 0) is 57.8 Å². The van der Waals surface area contributed by atoms with E-state index in [-0.39, 0.29) is 6.04 Å². The third kappa shape index (κ3) is 3.69. The molecule has 0 atom stereocenters. The average Bonchev–Trinajstić information content (AvgIpc) is 2.45. The lowest BCUT2D eigenvalue weighted by Gasteiger charge is -2.34. The lowest BCUT2D eigenvalue weighted by molar-refractivity contribution is -0.386. The number of para-hydroxylation sites is 1. The van der Waals surface area contributed by atoms with Crippen molar-refractivity contribution in [3.63, 3.8) is 0 Å². The van der Waals surface area contributed by atoms with E-state index in [4.69, 9.17) is 0 Å². The van der Waals surface area contributed by atoms with Gasteiger partial charge in [-0.25, -0.2) is 0 Å². The first-order valence-corrected chi connectivity index (χ1v) is 7.41. The van der Waals surface area contributed by atoms with Gasteiger partial charge in [0, 0.05) is 12.6 Å². The van der Waals surface area contributed by atoms with Gasteiger partial charge in [-0.2, -0.15) is 4.39 Å². The van der Waals surface area contributed by atoms with Gasteiger partial charge in [0.05, 0.1) is 4.92 Å². The Morgan fingerprint density at radius 2 is 2.10 bits per heavy atom. The van der Waals surface area contributed by atoms with Gasteiger partial charge in [0.15, 0.2) is 0 Å². The zero-order valence-corrected chi connectivity index (χ0v) is 12.5. The van der Waals surface area contributed by atoms with Crippen molar-refractivity contribution in [1.82, 2.24) is 5.32 Å².